The second kappa shape index (κ2) is 7.83. The molecule has 0 fully saturated rings. The van der Waals surface area contributed by atoms with Crippen molar-refractivity contribution in [1.29, 1.82) is 0 Å². The Morgan fingerprint density at radius 2 is 1.64 bits per heavy atom. The summed E-state index contributed by atoms with van der Waals surface area (Å²) < 4.78 is 8.97. The molecule has 0 saturated carbocycles. The van der Waals surface area contributed by atoms with Crippen molar-refractivity contribution in [3.05, 3.63) is 94.7 Å². The first-order valence-electron chi connectivity index (χ1n) is 10.4. The van der Waals surface area contributed by atoms with Crippen molar-refractivity contribution < 1.29 is 4.74 Å². The Morgan fingerprint density at radius 3 is 2.36 bits per heavy atom. The zero-order valence-electron chi connectivity index (χ0n) is 18.2. The van der Waals surface area contributed by atoms with E-state index in [2.05, 4.69) is 9.97 Å². The Balaban J connectivity index is 1.71. The lowest BCUT2D eigenvalue weighted by Crippen LogP contribution is -2.23. The first-order valence-corrected chi connectivity index (χ1v) is 10.4. The minimum Gasteiger partial charge on any atom is -0.457 e. The highest BCUT2D eigenvalue weighted by Gasteiger charge is 2.21. The van der Waals surface area contributed by atoms with Gasteiger partial charge in [0.05, 0.1) is 11.4 Å². The van der Waals surface area contributed by atoms with Gasteiger partial charge in [0.15, 0.2) is 11.5 Å². The Kier molecular flexibility index (Phi) is 4.82. The van der Waals surface area contributed by atoms with Gasteiger partial charge in [-0.25, -0.2) is 19.3 Å². The fourth-order valence-electron chi connectivity index (χ4n) is 3.99. The zero-order chi connectivity index (χ0) is 23.1. The van der Waals surface area contributed by atoms with Crippen LogP contribution in [-0.4, -0.2) is 19.1 Å². The van der Waals surface area contributed by atoms with Crippen molar-refractivity contribution in [1.82, 2.24) is 19.1 Å². The molecule has 0 aliphatic heterocycles. The molecular weight excluding hydrogens is 416 g/mol. The number of ether oxygens (including phenoxy) is 1. The van der Waals surface area contributed by atoms with Gasteiger partial charge in [-0.2, -0.15) is 0 Å². The highest BCUT2D eigenvalue weighted by Crippen LogP contribution is 2.29. The predicted octanol–water partition coefficient (Wildman–Crippen LogP) is 4.14. The summed E-state index contributed by atoms with van der Waals surface area (Å²) in [5, 5.41) is 0. The van der Waals surface area contributed by atoms with Gasteiger partial charge >= 0.3 is 5.69 Å². The molecular formula is C25H22N6O2. The second-order valence-corrected chi connectivity index (χ2v) is 7.85. The summed E-state index contributed by atoms with van der Waals surface area (Å²) in [6, 6.07) is 20.5. The van der Waals surface area contributed by atoms with E-state index in [0.29, 0.717) is 34.0 Å². The fraction of sp³-hybridized carbons (Fsp3) is 0.0800. The van der Waals surface area contributed by atoms with Crippen molar-refractivity contribution in [2.24, 2.45) is 0 Å². The third kappa shape index (κ3) is 3.57. The maximum Gasteiger partial charge on any atom is 0.339 e. The van der Waals surface area contributed by atoms with E-state index >= 15 is 0 Å². The van der Waals surface area contributed by atoms with Crippen molar-refractivity contribution >= 4 is 22.7 Å². The second-order valence-electron chi connectivity index (χ2n) is 7.85. The van der Waals surface area contributed by atoms with Crippen LogP contribution >= 0.6 is 0 Å². The highest BCUT2D eigenvalue weighted by atomic mass is 16.5. The van der Waals surface area contributed by atoms with Gasteiger partial charge in [-0.3, -0.25) is 4.57 Å². The number of fused-ring (bicyclic) bond motifs is 1. The van der Waals surface area contributed by atoms with Crippen LogP contribution < -0.4 is 21.9 Å². The fourth-order valence-corrected chi connectivity index (χ4v) is 3.99. The van der Waals surface area contributed by atoms with Gasteiger partial charge in [-0.1, -0.05) is 18.2 Å². The number of anilines is 2. The van der Waals surface area contributed by atoms with E-state index in [1.807, 2.05) is 74.5 Å². The van der Waals surface area contributed by atoms with E-state index in [0.717, 1.165) is 16.9 Å². The SMILES string of the molecule is Cc1cc(N)cc(-n2c(=O)n(-c3ccc(Oc4ccccc4)cc3C)c3c(N)ncnc32)c1. The first kappa shape index (κ1) is 20.3. The van der Waals surface area contributed by atoms with E-state index < -0.39 is 0 Å². The molecule has 8 nitrogen and oxygen atoms in total. The Morgan fingerprint density at radius 1 is 0.848 bits per heavy atom. The van der Waals surface area contributed by atoms with Gasteiger partial charge in [0.25, 0.3) is 0 Å². The van der Waals surface area contributed by atoms with Crippen LogP contribution in [0.1, 0.15) is 11.1 Å². The molecule has 33 heavy (non-hydrogen) atoms. The number of nitrogens with two attached hydrogens (primary N) is 2. The number of nitrogens with zero attached hydrogens (tertiary/aromatic N) is 4. The van der Waals surface area contributed by atoms with E-state index in [1.54, 1.807) is 6.07 Å². The molecule has 0 radical (unpaired) electrons. The molecule has 0 saturated heterocycles. The summed E-state index contributed by atoms with van der Waals surface area (Å²) in [5.74, 6) is 1.60. The molecule has 0 amide bonds. The van der Waals surface area contributed by atoms with E-state index in [1.165, 1.54) is 15.5 Å². The summed E-state index contributed by atoms with van der Waals surface area (Å²) in [6.07, 6.45) is 1.35. The molecule has 0 atom stereocenters. The minimum absolute atomic E-state index is 0.209. The molecule has 2 aromatic heterocycles. The molecule has 4 N–H and O–H groups in total. The largest absolute Gasteiger partial charge is 0.457 e. The van der Waals surface area contributed by atoms with Crippen LogP contribution in [0, 0.1) is 13.8 Å². The van der Waals surface area contributed by atoms with Crippen LogP contribution in [0.5, 0.6) is 11.5 Å². The van der Waals surface area contributed by atoms with Crippen molar-refractivity contribution in [2.75, 3.05) is 11.5 Å². The lowest BCUT2D eigenvalue weighted by molar-refractivity contribution is 0.482. The third-order valence-electron chi connectivity index (χ3n) is 5.38. The molecule has 164 valence electrons. The molecule has 0 unspecified atom stereocenters. The number of imidazole rings is 1. The maximum absolute atomic E-state index is 13.7. The first-order chi connectivity index (χ1) is 15.9. The average molecular weight is 438 g/mol. The molecule has 5 rings (SSSR count). The van der Waals surface area contributed by atoms with Crippen LogP contribution in [0.4, 0.5) is 11.5 Å². The van der Waals surface area contributed by atoms with Crippen molar-refractivity contribution in [2.45, 2.75) is 13.8 Å². The van der Waals surface area contributed by atoms with Gasteiger partial charge in [0.1, 0.15) is 23.3 Å². The van der Waals surface area contributed by atoms with Crippen LogP contribution in [-0.2, 0) is 0 Å². The average Bonchev–Trinajstić information content (AvgIpc) is 3.07. The number of benzene rings is 3. The van der Waals surface area contributed by atoms with Gasteiger partial charge in [-0.05, 0) is 73.5 Å². The summed E-state index contributed by atoms with van der Waals surface area (Å²) in [4.78, 5) is 22.2. The number of aromatic nitrogens is 4. The Hall–Kier alpha value is -4.59. The number of nitrogen functional groups attached to an aromatic ring is 2. The molecule has 2 heterocycles. The Bertz CT molecular complexity index is 1530. The summed E-state index contributed by atoms with van der Waals surface area (Å²) >= 11 is 0. The van der Waals surface area contributed by atoms with Crippen LogP contribution in [0.15, 0.2) is 77.9 Å². The molecule has 0 bridgehead atoms. The van der Waals surface area contributed by atoms with Gasteiger partial charge in [0, 0.05) is 5.69 Å². The van der Waals surface area contributed by atoms with Crippen molar-refractivity contribution in [3.8, 4) is 22.9 Å². The molecule has 5 aromatic rings. The topological polar surface area (TPSA) is 114 Å². The number of aryl methyl sites for hydroxylation is 2. The normalized spacial score (nSPS) is 11.1. The predicted molar refractivity (Wildman–Crippen MR) is 129 cm³/mol. The zero-order valence-corrected chi connectivity index (χ0v) is 18.2. The van der Waals surface area contributed by atoms with E-state index in [4.69, 9.17) is 16.2 Å². The highest BCUT2D eigenvalue weighted by molar-refractivity contribution is 5.85. The molecule has 8 heteroatoms. The summed E-state index contributed by atoms with van der Waals surface area (Å²) in [7, 11) is 0. The number of hydrogen-bond acceptors (Lipinski definition) is 6. The number of para-hydroxylation sites is 1. The van der Waals surface area contributed by atoms with E-state index in [9.17, 15) is 4.79 Å². The minimum atomic E-state index is -0.318. The standard InChI is InChI=1S/C25H22N6O2/c1-15-10-17(26)13-18(11-15)30-24-22(23(27)28-14-29-24)31(25(30)32)21-9-8-20(12-16(21)2)33-19-6-4-3-5-7-19/h3-14H,26H2,1-2H3,(H2,27,28,29). The van der Waals surface area contributed by atoms with Gasteiger partial charge < -0.3 is 16.2 Å². The summed E-state index contributed by atoms with van der Waals surface area (Å²) in [6.45, 7) is 3.83. The molecule has 0 spiro atoms. The molecule has 3 aromatic carbocycles. The van der Waals surface area contributed by atoms with Crippen molar-refractivity contribution in [3.63, 3.8) is 0 Å². The molecule has 0 aliphatic carbocycles. The monoisotopic (exact) mass is 438 g/mol. The summed E-state index contributed by atoms with van der Waals surface area (Å²) in [5.41, 5.74) is 16.4. The quantitative estimate of drug-likeness (QED) is 0.408. The lowest BCUT2D eigenvalue weighted by atomic mass is 10.2. The molecule has 0 aliphatic rings. The maximum atomic E-state index is 13.7. The van der Waals surface area contributed by atoms with Crippen LogP contribution in [0.25, 0.3) is 22.5 Å². The van der Waals surface area contributed by atoms with Crippen LogP contribution in [0.2, 0.25) is 0 Å². The lowest BCUT2D eigenvalue weighted by Gasteiger charge is -2.11. The smallest absolute Gasteiger partial charge is 0.339 e. The number of hydrogen-bond donors (Lipinski definition) is 2. The Labute approximate surface area is 189 Å². The third-order valence-corrected chi connectivity index (χ3v) is 5.38. The number of rotatable bonds is 4. The van der Waals surface area contributed by atoms with Gasteiger partial charge in [-0.15, -0.1) is 0 Å². The van der Waals surface area contributed by atoms with Crippen LogP contribution in [0.3, 0.4) is 0 Å². The van der Waals surface area contributed by atoms with E-state index in [-0.39, 0.29) is 11.5 Å². The van der Waals surface area contributed by atoms with Gasteiger partial charge in [0.2, 0.25) is 0 Å².